The second-order valence-corrected chi connectivity index (χ2v) is 7.47. The van der Waals surface area contributed by atoms with E-state index >= 15 is 0 Å². The average Bonchev–Trinajstić information content (AvgIpc) is 3.19. The predicted molar refractivity (Wildman–Crippen MR) is 115 cm³/mol. The van der Waals surface area contributed by atoms with Crippen LogP contribution in [0, 0.1) is 0 Å². The number of carbonyl (C=O) groups excluding carboxylic acids is 3. The van der Waals surface area contributed by atoms with Gasteiger partial charge in [-0.3, -0.25) is 9.59 Å². The Bertz CT molecular complexity index is 897. The first-order chi connectivity index (χ1) is 14.5. The summed E-state index contributed by atoms with van der Waals surface area (Å²) in [5.41, 5.74) is 1.84. The molecule has 0 aromatic heterocycles. The largest absolute Gasteiger partial charge is 0.449 e. The molecule has 6 heteroatoms. The molecule has 1 N–H and O–H groups in total. The monoisotopic (exact) mass is 408 g/mol. The van der Waals surface area contributed by atoms with Crippen LogP contribution in [0.3, 0.4) is 0 Å². The summed E-state index contributed by atoms with van der Waals surface area (Å²) >= 11 is 0. The Labute approximate surface area is 177 Å². The Balaban J connectivity index is 1.68. The average molecular weight is 408 g/mol. The highest BCUT2D eigenvalue weighted by molar-refractivity contribution is 6.04. The van der Waals surface area contributed by atoms with E-state index in [4.69, 9.17) is 4.74 Å². The molecule has 0 unspecified atom stereocenters. The molecule has 2 aromatic rings. The molecule has 2 atom stereocenters. The van der Waals surface area contributed by atoms with Gasteiger partial charge in [-0.2, -0.15) is 0 Å². The topological polar surface area (TPSA) is 75.7 Å². The van der Waals surface area contributed by atoms with Gasteiger partial charge < -0.3 is 15.0 Å². The van der Waals surface area contributed by atoms with Crippen molar-refractivity contribution < 1.29 is 19.1 Å². The van der Waals surface area contributed by atoms with Crippen molar-refractivity contribution in [3.05, 3.63) is 65.7 Å². The number of hydrogen-bond donors (Lipinski definition) is 1. The molecule has 158 valence electrons. The second kappa shape index (κ2) is 10.1. The minimum Gasteiger partial charge on any atom is -0.449 e. The highest BCUT2D eigenvalue weighted by Crippen LogP contribution is 2.26. The van der Waals surface area contributed by atoms with Gasteiger partial charge in [0, 0.05) is 13.0 Å². The number of benzene rings is 2. The van der Waals surface area contributed by atoms with Crippen molar-refractivity contribution in [3.63, 3.8) is 0 Å². The van der Waals surface area contributed by atoms with Gasteiger partial charge in [-0.05, 0) is 37.5 Å². The SMILES string of the molecule is CCC[C@H](NC(=O)[C@@H](C)OC(=O)c1ccccc1N1CCCC1=O)c1ccccc1. The first-order valence-corrected chi connectivity index (χ1v) is 10.5. The van der Waals surface area contributed by atoms with Crippen molar-refractivity contribution in [2.45, 2.75) is 51.7 Å². The summed E-state index contributed by atoms with van der Waals surface area (Å²) in [5.74, 6) is -0.966. The third kappa shape index (κ3) is 5.06. The molecule has 6 nitrogen and oxygen atoms in total. The molecule has 1 fully saturated rings. The molecule has 2 aromatic carbocycles. The number of rotatable bonds is 8. The predicted octanol–water partition coefficient (Wildman–Crippen LogP) is 4.02. The number of carbonyl (C=O) groups is 3. The van der Waals surface area contributed by atoms with Gasteiger partial charge >= 0.3 is 5.97 Å². The van der Waals surface area contributed by atoms with Crippen LogP contribution in [0.25, 0.3) is 0 Å². The van der Waals surface area contributed by atoms with Gasteiger partial charge in [-0.15, -0.1) is 0 Å². The van der Waals surface area contributed by atoms with Gasteiger partial charge in [0.2, 0.25) is 5.91 Å². The zero-order valence-corrected chi connectivity index (χ0v) is 17.5. The zero-order valence-electron chi connectivity index (χ0n) is 17.5. The Morgan fingerprint density at radius 1 is 1.10 bits per heavy atom. The first kappa shape index (κ1) is 21.6. The molecule has 1 aliphatic rings. The third-order valence-electron chi connectivity index (χ3n) is 5.24. The molecule has 0 radical (unpaired) electrons. The number of ether oxygens (including phenoxy) is 1. The number of nitrogens with one attached hydrogen (secondary N) is 1. The van der Waals surface area contributed by atoms with E-state index < -0.39 is 12.1 Å². The summed E-state index contributed by atoms with van der Waals surface area (Å²) in [5, 5.41) is 2.99. The molecule has 0 spiro atoms. The molecule has 3 rings (SSSR count). The van der Waals surface area contributed by atoms with Crippen molar-refractivity contribution in [2.24, 2.45) is 0 Å². The smallest absolute Gasteiger partial charge is 0.341 e. The van der Waals surface area contributed by atoms with Crippen molar-refractivity contribution >= 4 is 23.5 Å². The fraction of sp³-hybridized carbons (Fsp3) is 0.375. The van der Waals surface area contributed by atoms with E-state index in [0.29, 0.717) is 24.2 Å². The highest BCUT2D eigenvalue weighted by atomic mass is 16.5. The van der Waals surface area contributed by atoms with Crippen molar-refractivity contribution in [2.75, 3.05) is 11.4 Å². The number of para-hydroxylation sites is 1. The summed E-state index contributed by atoms with van der Waals surface area (Å²) in [6.07, 6.45) is 1.98. The van der Waals surface area contributed by atoms with Crippen LogP contribution in [0.5, 0.6) is 0 Å². The molecule has 1 aliphatic heterocycles. The maximum Gasteiger partial charge on any atom is 0.341 e. The van der Waals surface area contributed by atoms with Crippen LogP contribution in [-0.2, 0) is 14.3 Å². The van der Waals surface area contributed by atoms with Crippen LogP contribution in [0.1, 0.15) is 61.5 Å². The molecular weight excluding hydrogens is 380 g/mol. The summed E-state index contributed by atoms with van der Waals surface area (Å²) < 4.78 is 5.46. The first-order valence-electron chi connectivity index (χ1n) is 10.5. The van der Waals surface area contributed by atoms with Crippen molar-refractivity contribution in [1.29, 1.82) is 0 Å². The Morgan fingerprint density at radius 3 is 2.47 bits per heavy atom. The zero-order chi connectivity index (χ0) is 21.5. The minimum atomic E-state index is -0.956. The maximum absolute atomic E-state index is 12.8. The molecular formula is C24H28N2O4. The molecule has 30 heavy (non-hydrogen) atoms. The van der Waals surface area contributed by atoms with Gasteiger partial charge in [0.25, 0.3) is 5.91 Å². The van der Waals surface area contributed by atoms with E-state index in [0.717, 1.165) is 24.8 Å². The van der Waals surface area contributed by atoms with E-state index in [9.17, 15) is 14.4 Å². The quantitative estimate of drug-likeness (QED) is 0.670. The standard InChI is InChI=1S/C24H28N2O4/c1-3-10-20(18-11-5-4-6-12-18)25-23(28)17(2)30-24(29)19-13-7-8-14-21(19)26-16-9-15-22(26)27/h4-8,11-14,17,20H,3,9-10,15-16H2,1-2H3,(H,25,28)/t17-,20+/m1/s1. The number of nitrogens with zero attached hydrogens (tertiary/aromatic N) is 1. The van der Waals surface area contributed by atoms with Crippen LogP contribution in [0.4, 0.5) is 5.69 Å². The Morgan fingerprint density at radius 2 is 1.80 bits per heavy atom. The van der Waals surface area contributed by atoms with Gasteiger partial charge in [-0.25, -0.2) is 4.79 Å². The summed E-state index contributed by atoms with van der Waals surface area (Å²) in [6.45, 7) is 4.20. The number of hydrogen-bond acceptors (Lipinski definition) is 4. The minimum absolute atomic E-state index is 0.00805. The van der Waals surface area contributed by atoms with Crippen LogP contribution < -0.4 is 10.2 Å². The lowest BCUT2D eigenvalue weighted by Gasteiger charge is -2.22. The van der Waals surface area contributed by atoms with Crippen LogP contribution >= 0.6 is 0 Å². The van der Waals surface area contributed by atoms with Gasteiger partial charge in [0.05, 0.1) is 17.3 Å². The molecule has 1 heterocycles. The third-order valence-corrected chi connectivity index (χ3v) is 5.24. The number of anilines is 1. The highest BCUT2D eigenvalue weighted by Gasteiger charge is 2.28. The fourth-order valence-electron chi connectivity index (χ4n) is 3.65. The van der Waals surface area contributed by atoms with E-state index in [2.05, 4.69) is 12.2 Å². The van der Waals surface area contributed by atoms with E-state index in [1.807, 2.05) is 30.3 Å². The molecule has 0 saturated carbocycles. The lowest BCUT2D eigenvalue weighted by atomic mass is 10.0. The molecule has 0 aliphatic carbocycles. The van der Waals surface area contributed by atoms with E-state index in [1.54, 1.807) is 36.1 Å². The van der Waals surface area contributed by atoms with Crippen molar-refractivity contribution in [3.8, 4) is 0 Å². The van der Waals surface area contributed by atoms with Crippen LogP contribution in [0.15, 0.2) is 54.6 Å². The maximum atomic E-state index is 12.8. The molecule has 0 bridgehead atoms. The van der Waals surface area contributed by atoms with Gasteiger partial charge in [-0.1, -0.05) is 55.8 Å². The normalized spacial score (nSPS) is 15.5. The van der Waals surface area contributed by atoms with Crippen LogP contribution in [-0.4, -0.2) is 30.4 Å². The second-order valence-electron chi connectivity index (χ2n) is 7.47. The molecule has 1 saturated heterocycles. The lowest BCUT2D eigenvalue weighted by Crippen LogP contribution is -2.38. The Kier molecular flexibility index (Phi) is 7.22. The van der Waals surface area contributed by atoms with Gasteiger partial charge in [0.15, 0.2) is 6.10 Å². The number of amides is 2. The van der Waals surface area contributed by atoms with E-state index in [-0.39, 0.29) is 17.9 Å². The van der Waals surface area contributed by atoms with Crippen molar-refractivity contribution in [1.82, 2.24) is 5.32 Å². The summed E-state index contributed by atoms with van der Waals surface area (Å²) in [7, 11) is 0. The summed E-state index contributed by atoms with van der Waals surface area (Å²) in [4.78, 5) is 39.2. The Hall–Kier alpha value is -3.15. The lowest BCUT2D eigenvalue weighted by molar-refractivity contribution is -0.130. The fourth-order valence-corrected chi connectivity index (χ4v) is 3.65. The van der Waals surface area contributed by atoms with Gasteiger partial charge in [0.1, 0.15) is 0 Å². The number of esters is 1. The van der Waals surface area contributed by atoms with Crippen LogP contribution in [0.2, 0.25) is 0 Å². The molecule has 2 amide bonds. The summed E-state index contributed by atoms with van der Waals surface area (Å²) in [6, 6.07) is 16.5. The van der Waals surface area contributed by atoms with E-state index in [1.165, 1.54) is 0 Å².